The van der Waals surface area contributed by atoms with Crippen LogP contribution in [0, 0.1) is 0 Å². The predicted octanol–water partition coefficient (Wildman–Crippen LogP) is 16.7. The van der Waals surface area contributed by atoms with Crippen LogP contribution in [0.25, 0.3) is 0 Å². The van der Waals surface area contributed by atoms with Gasteiger partial charge in [0.05, 0.1) is 66.6 Å². The van der Waals surface area contributed by atoms with Crippen LogP contribution < -0.4 is 18.9 Å². The molecule has 0 atom stereocenters. The number of hydrogen-bond acceptors (Lipinski definition) is 4. The quantitative estimate of drug-likeness (QED) is 0.0616. The Morgan fingerprint density at radius 1 is 0.429 bits per heavy atom. The smallest absolute Gasteiger partial charge is 0.156 e. The van der Waals surface area contributed by atoms with E-state index < -0.39 is 10.8 Å². The SMILES string of the molecule is C=CCCCOc1c(Cl)cc(C(C)(C)c2cc(Cl)c(OCCCCCOc3c(Cl)cc(C(C)(C)c4cc(Cl)c(OCCCC)c(Cl)c4)cc3Cl)c(Cl)c2)cc1Cl. The first-order valence-electron chi connectivity index (χ1n) is 18.6. The molecule has 0 bridgehead atoms. The van der Waals surface area contributed by atoms with Gasteiger partial charge in [0, 0.05) is 10.8 Å². The van der Waals surface area contributed by atoms with Crippen molar-refractivity contribution >= 4 is 92.8 Å². The van der Waals surface area contributed by atoms with Gasteiger partial charge in [-0.05, 0) is 109 Å². The molecule has 0 spiro atoms. The number of hydrogen-bond donors (Lipinski definition) is 0. The monoisotopic (exact) mass is 920 g/mol. The number of unbranched alkanes of at least 4 members (excludes halogenated alkanes) is 4. The van der Waals surface area contributed by atoms with Crippen LogP contribution in [0.2, 0.25) is 40.2 Å². The van der Waals surface area contributed by atoms with Crippen molar-refractivity contribution < 1.29 is 18.9 Å². The molecule has 0 aromatic heterocycles. The average molecular weight is 924 g/mol. The minimum Gasteiger partial charge on any atom is -0.490 e. The summed E-state index contributed by atoms with van der Waals surface area (Å²) in [5.74, 6) is 1.83. The molecule has 4 nitrogen and oxygen atoms in total. The van der Waals surface area contributed by atoms with E-state index in [-0.39, 0.29) is 0 Å². The van der Waals surface area contributed by atoms with Gasteiger partial charge in [0.15, 0.2) is 23.0 Å². The van der Waals surface area contributed by atoms with E-state index in [1.165, 1.54) is 0 Å². The van der Waals surface area contributed by atoms with Gasteiger partial charge in [0.25, 0.3) is 0 Å². The number of allylic oxidation sites excluding steroid dienone is 1. The fourth-order valence-electron chi connectivity index (χ4n) is 6.02. The van der Waals surface area contributed by atoms with Crippen molar-refractivity contribution in [3.8, 4) is 23.0 Å². The average Bonchev–Trinajstić information content (AvgIpc) is 3.13. The molecule has 0 aliphatic carbocycles. The van der Waals surface area contributed by atoms with Crippen molar-refractivity contribution in [3.63, 3.8) is 0 Å². The lowest BCUT2D eigenvalue weighted by molar-refractivity contribution is 0.279. The first-order valence-corrected chi connectivity index (χ1v) is 21.6. The van der Waals surface area contributed by atoms with Gasteiger partial charge in [-0.3, -0.25) is 0 Å². The number of halogens is 8. The standard InChI is InChI=1S/C44H48Cl8O4/c1-7-9-12-16-54-40-33(47)21-28(22-34(40)48)44(5,6)30-25-37(51)42(38(52)26-30)56-18-14-11-13-17-55-41-35(49)23-29(24-36(41)50)43(3,4)27-19-31(45)39(32(46)20-27)53-15-10-8-2/h7,19-26H,1,8-18H2,2-6H3. The molecule has 0 radical (unpaired) electrons. The van der Waals surface area contributed by atoms with Crippen molar-refractivity contribution in [2.45, 2.75) is 90.4 Å². The number of benzene rings is 4. The van der Waals surface area contributed by atoms with Crippen LogP contribution in [0.4, 0.5) is 0 Å². The molecule has 0 amide bonds. The van der Waals surface area contributed by atoms with E-state index in [2.05, 4.69) is 41.2 Å². The summed E-state index contributed by atoms with van der Waals surface area (Å²) in [5.41, 5.74) is 2.52. The molecule has 56 heavy (non-hydrogen) atoms. The van der Waals surface area contributed by atoms with Gasteiger partial charge in [0.2, 0.25) is 0 Å². The third-order valence-electron chi connectivity index (χ3n) is 9.70. The molecule has 0 N–H and O–H groups in total. The Hall–Kier alpha value is -1.86. The molecule has 4 aromatic rings. The zero-order valence-corrected chi connectivity index (χ0v) is 38.4. The third-order valence-corrected chi connectivity index (χ3v) is 12.0. The Balaban J connectivity index is 1.30. The van der Waals surface area contributed by atoms with Gasteiger partial charge < -0.3 is 18.9 Å². The summed E-state index contributed by atoms with van der Waals surface area (Å²) >= 11 is 53.3. The topological polar surface area (TPSA) is 36.9 Å². The lowest BCUT2D eigenvalue weighted by atomic mass is 9.78. The molecule has 0 saturated heterocycles. The Morgan fingerprint density at radius 2 is 0.679 bits per heavy atom. The van der Waals surface area contributed by atoms with Crippen molar-refractivity contribution in [1.82, 2.24) is 0 Å². The highest BCUT2D eigenvalue weighted by Gasteiger charge is 2.29. The molecule has 4 aromatic carbocycles. The largest absolute Gasteiger partial charge is 0.490 e. The third kappa shape index (κ3) is 11.9. The van der Waals surface area contributed by atoms with E-state index >= 15 is 0 Å². The summed E-state index contributed by atoms with van der Waals surface area (Å²) in [7, 11) is 0. The summed E-state index contributed by atoms with van der Waals surface area (Å²) in [6.07, 6.45) is 7.78. The van der Waals surface area contributed by atoms with E-state index in [1.807, 2.05) is 54.6 Å². The van der Waals surface area contributed by atoms with Crippen LogP contribution in [-0.4, -0.2) is 26.4 Å². The second kappa shape index (κ2) is 21.4. The minimum atomic E-state index is -0.527. The summed E-state index contributed by atoms with van der Waals surface area (Å²) < 4.78 is 23.8. The van der Waals surface area contributed by atoms with Gasteiger partial charge in [-0.15, -0.1) is 6.58 Å². The molecule has 0 saturated carbocycles. The Bertz CT molecular complexity index is 1880. The van der Waals surface area contributed by atoms with E-state index in [0.29, 0.717) is 89.6 Å². The van der Waals surface area contributed by atoms with Gasteiger partial charge >= 0.3 is 0 Å². The molecular weight excluding hydrogens is 876 g/mol. The van der Waals surface area contributed by atoms with Crippen LogP contribution in [0.5, 0.6) is 23.0 Å². The Labute approximate surface area is 372 Å². The summed E-state index contributed by atoms with van der Waals surface area (Å²) in [6, 6.07) is 14.9. The maximum atomic E-state index is 6.72. The van der Waals surface area contributed by atoms with Gasteiger partial charge in [-0.25, -0.2) is 0 Å². The van der Waals surface area contributed by atoms with Gasteiger partial charge in [-0.2, -0.15) is 0 Å². The minimum absolute atomic E-state index is 0.416. The highest BCUT2D eigenvalue weighted by molar-refractivity contribution is 6.39. The van der Waals surface area contributed by atoms with Gasteiger partial charge in [-0.1, -0.05) is 140 Å². The van der Waals surface area contributed by atoms with Crippen molar-refractivity contribution in [3.05, 3.63) is 124 Å². The maximum Gasteiger partial charge on any atom is 0.156 e. The van der Waals surface area contributed by atoms with Crippen LogP contribution in [0.3, 0.4) is 0 Å². The highest BCUT2D eigenvalue weighted by Crippen LogP contribution is 2.46. The molecule has 304 valence electrons. The summed E-state index contributed by atoms with van der Waals surface area (Å²) in [6.45, 7) is 16.0. The van der Waals surface area contributed by atoms with Crippen LogP contribution in [-0.2, 0) is 10.8 Å². The molecule has 0 unspecified atom stereocenters. The Morgan fingerprint density at radius 3 is 0.929 bits per heavy atom. The van der Waals surface area contributed by atoms with Crippen LogP contribution >= 0.6 is 92.8 Å². The van der Waals surface area contributed by atoms with Crippen LogP contribution in [0.15, 0.2) is 61.2 Å². The Kier molecular flexibility index (Phi) is 17.9. The predicted molar refractivity (Wildman–Crippen MR) is 240 cm³/mol. The van der Waals surface area contributed by atoms with Gasteiger partial charge in [0.1, 0.15) is 0 Å². The summed E-state index contributed by atoms with van der Waals surface area (Å²) in [5, 5.41) is 3.46. The van der Waals surface area contributed by atoms with E-state index in [1.54, 1.807) is 0 Å². The zero-order chi connectivity index (χ0) is 41.2. The second-order valence-corrected chi connectivity index (χ2v) is 17.8. The maximum absolute atomic E-state index is 6.72. The molecule has 12 heteroatoms. The zero-order valence-electron chi connectivity index (χ0n) is 32.3. The fraction of sp³-hybridized carbons (Fsp3) is 0.409. The molecule has 0 fully saturated rings. The molecule has 0 heterocycles. The molecular formula is C44H48Cl8O4. The number of rotatable bonds is 21. The molecule has 4 rings (SSSR count). The second-order valence-electron chi connectivity index (χ2n) is 14.6. The van der Waals surface area contributed by atoms with E-state index in [4.69, 9.17) is 112 Å². The fourth-order valence-corrected chi connectivity index (χ4v) is 8.40. The molecule has 0 aliphatic rings. The number of ether oxygens (including phenoxy) is 4. The molecule has 0 aliphatic heterocycles. The lowest BCUT2D eigenvalue weighted by Crippen LogP contribution is -2.19. The van der Waals surface area contributed by atoms with Crippen molar-refractivity contribution in [1.29, 1.82) is 0 Å². The van der Waals surface area contributed by atoms with Crippen LogP contribution in [0.1, 0.15) is 102 Å². The first-order chi connectivity index (χ1) is 26.5. The lowest BCUT2D eigenvalue weighted by Gasteiger charge is -2.28. The van der Waals surface area contributed by atoms with Crippen molar-refractivity contribution in [2.24, 2.45) is 0 Å². The first kappa shape index (κ1) is 46.8. The van der Waals surface area contributed by atoms with E-state index in [9.17, 15) is 0 Å². The summed E-state index contributed by atoms with van der Waals surface area (Å²) in [4.78, 5) is 0. The van der Waals surface area contributed by atoms with E-state index in [0.717, 1.165) is 67.2 Å². The van der Waals surface area contributed by atoms with Crippen molar-refractivity contribution in [2.75, 3.05) is 26.4 Å². The normalized spacial score (nSPS) is 11.8. The highest BCUT2D eigenvalue weighted by atomic mass is 35.5.